The first kappa shape index (κ1) is 14.0. The van der Waals surface area contributed by atoms with E-state index in [0.717, 1.165) is 22.0 Å². The molecule has 0 amide bonds. The molecule has 2 nitrogen and oxygen atoms in total. The van der Waals surface area contributed by atoms with E-state index in [0.29, 0.717) is 6.42 Å². The zero-order chi connectivity index (χ0) is 14.8. The number of aromatic nitrogens is 1. The highest BCUT2D eigenvalue weighted by Gasteiger charge is 2.13. The van der Waals surface area contributed by atoms with Crippen molar-refractivity contribution in [2.75, 3.05) is 0 Å². The molecule has 1 aromatic heterocycles. The largest absolute Gasteiger partial charge is 0.388 e. The van der Waals surface area contributed by atoms with Crippen LogP contribution in [0.3, 0.4) is 0 Å². The summed E-state index contributed by atoms with van der Waals surface area (Å²) in [6.07, 6.45) is 1.39. The van der Waals surface area contributed by atoms with Crippen molar-refractivity contribution in [2.24, 2.45) is 0 Å². The van der Waals surface area contributed by atoms with Crippen LogP contribution in [0, 0.1) is 5.82 Å². The summed E-state index contributed by atoms with van der Waals surface area (Å²) in [5.74, 6) is -0.454. The Balaban J connectivity index is 1.93. The standard InChI is InChI=1S/C17H13ClFNO/c18-14-9-11(6-7-15(14)19)10-17(21)13-3-1-5-16-12(13)4-2-8-20-16/h1-9,17,21H,10H2. The van der Waals surface area contributed by atoms with Crippen molar-refractivity contribution >= 4 is 22.5 Å². The summed E-state index contributed by atoms with van der Waals surface area (Å²) in [7, 11) is 0. The van der Waals surface area contributed by atoms with E-state index in [4.69, 9.17) is 11.6 Å². The van der Waals surface area contributed by atoms with Gasteiger partial charge in [0.2, 0.25) is 0 Å². The third-order valence-corrected chi connectivity index (χ3v) is 3.74. The van der Waals surface area contributed by atoms with Crippen molar-refractivity contribution in [1.29, 1.82) is 0 Å². The quantitative estimate of drug-likeness (QED) is 0.782. The second kappa shape index (κ2) is 5.80. The molecule has 3 aromatic rings. The topological polar surface area (TPSA) is 33.1 Å². The lowest BCUT2D eigenvalue weighted by molar-refractivity contribution is 0.180. The molecule has 106 valence electrons. The van der Waals surface area contributed by atoms with E-state index in [9.17, 15) is 9.50 Å². The normalized spacial score (nSPS) is 12.5. The zero-order valence-corrected chi connectivity index (χ0v) is 11.9. The van der Waals surface area contributed by atoms with Crippen LogP contribution in [0.5, 0.6) is 0 Å². The highest BCUT2D eigenvalue weighted by Crippen LogP contribution is 2.26. The summed E-state index contributed by atoms with van der Waals surface area (Å²) in [6, 6.07) is 13.9. The van der Waals surface area contributed by atoms with E-state index in [1.54, 1.807) is 18.3 Å². The molecule has 3 rings (SSSR count). The Kier molecular flexibility index (Phi) is 3.86. The summed E-state index contributed by atoms with van der Waals surface area (Å²) in [5, 5.41) is 11.5. The van der Waals surface area contributed by atoms with E-state index < -0.39 is 11.9 Å². The molecule has 0 saturated heterocycles. The van der Waals surface area contributed by atoms with Gasteiger partial charge in [0.1, 0.15) is 5.82 Å². The van der Waals surface area contributed by atoms with Crippen LogP contribution < -0.4 is 0 Å². The maximum absolute atomic E-state index is 13.2. The highest BCUT2D eigenvalue weighted by atomic mass is 35.5. The summed E-state index contributed by atoms with van der Waals surface area (Å²) in [6.45, 7) is 0. The lowest BCUT2D eigenvalue weighted by atomic mass is 9.98. The van der Waals surface area contributed by atoms with Gasteiger partial charge in [-0.25, -0.2) is 4.39 Å². The van der Waals surface area contributed by atoms with Crippen LogP contribution in [-0.4, -0.2) is 10.1 Å². The predicted molar refractivity (Wildman–Crippen MR) is 81.8 cm³/mol. The number of rotatable bonds is 3. The maximum Gasteiger partial charge on any atom is 0.141 e. The number of halogens is 2. The monoisotopic (exact) mass is 301 g/mol. The first-order chi connectivity index (χ1) is 10.1. The van der Waals surface area contributed by atoms with Crippen LogP contribution >= 0.6 is 11.6 Å². The van der Waals surface area contributed by atoms with Gasteiger partial charge in [-0.2, -0.15) is 0 Å². The Bertz CT molecular complexity index is 785. The van der Waals surface area contributed by atoms with Gasteiger partial charge in [-0.1, -0.05) is 35.9 Å². The molecule has 1 heterocycles. The molecule has 0 spiro atoms. The fraction of sp³-hybridized carbons (Fsp3) is 0.118. The SMILES string of the molecule is OC(Cc1ccc(F)c(Cl)c1)c1cccc2ncccc12. The smallest absolute Gasteiger partial charge is 0.141 e. The molecular weight excluding hydrogens is 289 g/mol. The Morgan fingerprint density at radius 3 is 2.81 bits per heavy atom. The van der Waals surface area contributed by atoms with E-state index in [-0.39, 0.29) is 5.02 Å². The van der Waals surface area contributed by atoms with Gasteiger partial charge in [0, 0.05) is 18.0 Å². The number of nitrogens with zero attached hydrogens (tertiary/aromatic N) is 1. The van der Waals surface area contributed by atoms with Crippen molar-refractivity contribution in [3.8, 4) is 0 Å². The lowest BCUT2D eigenvalue weighted by Crippen LogP contribution is -2.03. The molecule has 0 aliphatic heterocycles. The minimum absolute atomic E-state index is 0.0688. The third-order valence-electron chi connectivity index (χ3n) is 3.45. The molecule has 2 aromatic carbocycles. The van der Waals surface area contributed by atoms with Gasteiger partial charge in [-0.3, -0.25) is 4.98 Å². The number of pyridine rings is 1. The van der Waals surface area contributed by atoms with Gasteiger partial charge in [-0.15, -0.1) is 0 Å². The van der Waals surface area contributed by atoms with E-state index in [1.165, 1.54) is 6.07 Å². The second-order valence-corrected chi connectivity index (χ2v) is 5.29. The van der Waals surface area contributed by atoms with Gasteiger partial charge in [0.25, 0.3) is 0 Å². The molecule has 0 bridgehead atoms. The number of aliphatic hydroxyl groups is 1. The predicted octanol–water partition coefficient (Wildman–Crippen LogP) is 4.30. The van der Waals surface area contributed by atoms with Crippen LogP contribution in [0.15, 0.2) is 54.7 Å². The summed E-state index contributed by atoms with van der Waals surface area (Å²) < 4.78 is 13.2. The number of hydrogen-bond donors (Lipinski definition) is 1. The number of aliphatic hydroxyl groups excluding tert-OH is 1. The molecule has 0 fully saturated rings. The Hall–Kier alpha value is -1.97. The van der Waals surface area contributed by atoms with Crippen molar-refractivity contribution in [2.45, 2.75) is 12.5 Å². The van der Waals surface area contributed by atoms with Crippen LogP contribution in [0.2, 0.25) is 5.02 Å². The number of fused-ring (bicyclic) bond motifs is 1. The van der Waals surface area contributed by atoms with Gasteiger partial charge in [0.15, 0.2) is 0 Å². The minimum Gasteiger partial charge on any atom is -0.388 e. The molecule has 21 heavy (non-hydrogen) atoms. The first-order valence-electron chi connectivity index (χ1n) is 6.61. The lowest BCUT2D eigenvalue weighted by Gasteiger charge is -2.14. The van der Waals surface area contributed by atoms with Crippen LogP contribution in [0.25, 0.3) is 10.9 Å². The van der Waals surface area contributed by atoms with Crippen molar-refractivity contribution in [1.82, 2.24) is 4.98 Å². The van der Waals surface area contributed by atoms with Gasteiger partial charge in [0.05, 0.1) is 16.6 Å². The van der Waals surface area contributed by atoms with E-state index in [2.05, 4.69) is 4.98 Å². The van der Waals surface area contributed by atoms with Gasteiger partial charge in [-0.05, 0) is 35.4 Å². The fourth-order valence-corrected chi connectivity index (χ4v) is 2.62. The van der Waals surface area contributed by atoms with E-state index in [1.807, 2.05) is 30.3 Å². The molecule has 1 N–H and O–H groups in total. The van der Waals surface area contributed by atoms with Crippen LogP contribution in [-0.2, 0) is 6.42 Å². The number of hydrogen-bond acceptors (Lipinski definition) is 2. The maximum atomic E-state index is 13.2. The average Bonchev–Trinajstić information content (AvgIpc) is 2.50. The number of benzene rings is 2. The van der Waals surface area contributed by atoms with Crippen LogP contribution in [0.1, 0.15) is 17.2 Å². The molecule has 0 aliphatic carbocycles. The molecule has 1 unspecified atom stereocenters. The van der Waals surface area contributed by atoms with Crippen LogP contribution in [0.4, 0.5) is 4.39 Å². The minimum atomic E-state index is -0.695. The van der Waals surface area contributed by atoms with Crippen molar-refractivity contribution in [3.63, 3.8) is 0 Å². The molecule has 0 aliphatic rings. The van der Waals surface area contributed by atoms with Crippen molar-refractivity contribution < 1.29 is 9.50 Å². The van der Waals surface area contributed by atoms with Crippen molar-refractivity contribution in [3.05, 3.63) is 76.7 Å². The summed E-state index contributed by atoms with van der Waals surface area (Å²) in [5.41, 5.74) is 2.43. The summed E-state index contributed by atoms with van der Waals surface area (Å²) >= 11 is 5.77. The Morgan fingerprint density at radius 2 is 2.00 bits per heavy atom. The summed E-state index contributed by atoms with van der Waals surface area (Å²) in [4.78, 5) is 4.28. The molecule has 0 saturated carbocycles. The Labute approximate surface area is 126 Å². The second-order valence-electron chi connectivity index (χ2n) is 4.89. The highest BCUT2D eigenvalue weighted by molar-refractivity contribution is 6.30. The molecule has 4 heteroatoms. The molecule has 1 atom stereocenters. The Morgan fingerprint density at radius 1 is 1.14 bits per heavy atom. The third kappa shape index (κ3) is 2.89. The van der Waals surface area contributed by atoms with E-state index >= 15 is 0 Å². The fourth-order valence-electron chi connectivity index (χ4n) is 2.42. The van der Waals surface area contributed by atoms with Gasteiger partial charge < -0.3 is 5.11 Å². The average molecular weight is 302 g/mol. The molecular formula is C17H13ClFNO. The van der Waals surface area contributed by atoms with Gasteiger partial charge >= 0.3 is 0 Å². The first-order valence-corrected chi connectivity index (χ1v) is 6.98. The zero-order valence-electron chi connectivity index (χ0n) is 11.1. The molecule has 0 radical (unpaired) electrons.